The van der Waals surface area contributed by atoms with Crippen LogP contribution in [0.1, 0.15) is 47.5 Å². The predicted molar refractivity (Wildman–Crippen MR) is 99.3 cm³/mol. The van der Waals surface area contributed by atoms with Crippen LogP contribution in [0.15, 0.2) is 4.99 Å². The fourth-order valence-corrected chi connectivity index (χ4v) is 3.19. The molecule has 1 unspecified atom stereocenters. The standard InChI is InChI=1S/C18H36N4O2/c1-6-19-18(20-14-15(5)21(7-2)8-3)22-12-10-16(11-13-22)17(23)24-9-4/h15-16H,6-14H2,1-5H3,(H,19,20). The minimum atomic E-state index is -0.0470. The average Bonchev–Trinajstić information content (AvgIpc) is 2.60. The zero-order valence-electron chi connectivity index (χ0n) is 16.2. The molecule has 0 amide bonds. The number of carbonyl (C=O) groups excluding carboxylic acids is 1. The molecule has 140 valence electrons. The Bertz CT molecular complexity index is 388. The number of nitrogens with zero attached hydrogens (tertiary/aromatic N) is 3. The van der Waals surface area contributed by atoms with Gasteiger partial charge in [-0.2, -0.15) is 0 Å². The van der Waals surface area contributed by atoms with Gasteiger partial charge in [0.25, 0.3) is 0 Å². The molecule has 6 nitrogen and oxygen atoms in total. The van der Waals surface area contributed by atoms with Crippen LogP contribution in [0.3, 0.4) is 0 Å². The molecule has 0 bridgehead atoms. The Kier molecular flexibility index (Phi) is 9.76. The van der Waals surface area contributed by atoms with Gasteiger partial charge in [-0.05, 0) is 46.7 Å². The van der Waals surface area contributed by atoms with E-state index in [-0.39, 0.29) is 11.9 Å². The van der Waals surface area contributed by atoms with Crippen LogP contribution in [-0.4, -0.2) is 73.6 Å². The summed E-state index contributed by atoms with van der Waals surface area (Å²) >= 11 is 0. The zero-order valence-corrected chi connectivity index (χ0v) is 16.2. The largest absolute Gasteiger partial charge is 0.466 e. The highest BCUT2D eigenvalue weighted by Gasteiger charge is 2.27. The number of ether oxygens (including phenoxy) is 1. The van der Waals surface area contributed by atoms with Crippen molar-refractivity contribution in [2.45, 2.75) is 53.5 Å². The van der Waals surface area contributed by atoms with Crippen LogP contribution in [-0.2, 0) is 9.53 Å². The molecule has 6 heteroatoms. The zero-order chi connectivity index (χ0) is 17.9. The van der Waals surface area contributed by atoms with Crippen molar-refractivity contribution in [3.8, 4) is 0 Å². The first kappa shape index (κ1) is 20.7. The molecule has 0 radical (unpaired) electrons. The smallest absolute Gasteiger partial charge is 0.309 e. The van der Waals surface area contributed by atoms with Crippen LogP contribution in [0.2, 0.25) is 0 Å². The van der Waals surface area contributed by atoms with Gasteiger partial charge in [0.15, 0.2) is 5.96 Å². The number of nitrogens with one attached hydrogen (secondary N) is 1. The lowest BCUT2D eigenvalue weighted by Crippen LogP contribution is -2.47. The summed E-state index contributed by atoms with van der Waals surface area (Å²) in [5.74, 6) is 0.965. The second-order valence-electron chi connectivity index (χ2n) is 6.28. The molecule has 1 saturated heterocycles. The Morgan fingerprint density at radius 1 is 1.25 bits per heavy atom. The maximum Gasteiger partial charge on any atom is 0.309 e. The molecule has 0 saturated carbocycles. The molecule has 1 rings (SSSR count). The third-order valence-electron chi connectivity index (χ3n) is 4.69. The number of likely N-dealkylation sites (N-methyl/N-ethyl adjacent to an activating group) is 1. The van der Waals surface area contributed by atoms with E-state index >= 15 is 0 Å². The summed E-state index contributed by atoms with van der Waals surface area (Å²) in [4.78, 5) is 21.4. The van der Waals surface area contributed by atoms with Crippen LogP contribution in [0.4, 0.5) is 0 Å². The third-order valence-corrected chi connectivity index (χ3v) is 4.69. The van der Waals surface area contributed by atoms with Crippen molar-refractivity contribution >= 4 is 11.9 Å². The number of hydrogen-bond donors (Lipinski definition) is 1. The van der Waals surface area contributed by atoms with Crippen molar-refractivity contribution in [1.82, 2.24) is 15.1 Å². The molecule has 0 aromatic carbocycles. The van der Waals surface area contributed by atoms with Crippen LogP contribution >= 0.6 is 0 Å². The summed E-state index contributed by atoms with van der Waals surface area (Å²) < 4.78 is 5.15. The van der Waals surface area contributed by atoms with Crippen molar-refractivity contribution < 1.29 is 9.53 Å². The van der Waals surface area contributed by atoms with Crippen molar-refractivity contribution in [1.29, 1.82) is 0 Å². The monoisotopic (exact) mass is 340 g/mol. The fourth-order valence-electron chi connectivity index (χ4n) is 3.19. The van der Waals surface area contributed by atoms with E-state index in [1.54, 1.807) is 0 Å². The predicted octanol–water partition coefficient (Wildman–Crippen LogP) is 1.96. The number of aliphatic imine (C=N–C) groups is 1. The summed E-state index contributed by atoms with van der Waals surface area (Å²) in [6, 6.07) is 0.436. The molecule has 1 heterocycles. The Hall–Kier alpha value is -1.30. The SMILES string of the molecule is CCNC(=NCC(C)N(CC)CC)N1CCC(C(=O)OCC)CC1. The quantitative estimate of drug-likeness (QED) is 0.416. The van der Waals surface area contributed by atoms with Gasteiger partial charge in [0.05, 0.1) is 19.1 Å². The van der Waals surface area contributed by atoms with Gasteiger partial charge in [0.2, 0.25) is 0 Å². The highest BCUT2D eigenvalue weighted by atomic mass is 16.5. The second-order valence-corrected chi connectivity index (χ2v) is 6.28. The number of carbonyl (C=O) groups is 1. The van der Waals surface area contributed by atoms with Gasteiger partial charge >= 0.3 is 5.97 Å². The highest BCUT2D eigenvalue weighted by molar-refractivity contribution is 5.80. The molecular weight excluding hydrogens is 304 g/mol. The normalized spacial score (nSPS) is 17.9. The number of likely N-dealkylation sites (tertiary alicyclic amines) is 1. The topological polar surface area (TPSA) is 57.2 Å². The van der Waals surface area contributed by atoms with Gasteiger partial charge < -0.3 is 15.0 Å². The number of guanidine groups is 1. The highest BCUT2D eigenvalue weighted by Crippen LogP contribution is 2.18. The van der Waals surface area contributed by atoms with E-state index in [2.05, 4.69) is 42.8 Å². The lowest BCUT2D eigenvalue weighted by Gasteiger charge is -2.34. The van der Waals surface area contributed by atoms with Crippen molar-refractivity contribution in [3.05, 3.63) is 0 Å². The van der Waals surface area contributed by atoms with Crippen molar-refractivity contribution in [2.75, 3.05) is 45.9 Å². The number of rotatable bonds is 8. The molecular formula is C18H36N4O2. The first-order valence-electron chi connectivity index (χ1n) is 9.51. The van der Waals surface area contributed by atoms with Crippen LogP contribution in [0.5, 0.6) is 0 Å². The van der Waals surface area contributed by atoms with E-state index in [1.165, 1.54) is 0 Å². The maximum atomic E-state index is 11.9. The molecule has 1 fully saturated rings. The van der Waals surface area contributed by atoms with Gasteiger partial charge in [0.1, 0.15) is 0 Å². The average molecular weight is 341 g/mol. The van der Waals surface area contributed by atoms with Gasteiger partial charge in [0, 0.05) is 25.7 Å². The molecule has 1 atom stereocenters. The summed E-state index contributed by atoms with van der Waals surface area (Å²) in [5.41, 5.74) is 0. The van der Waals surface area contributed by atoms with Crippen molar-refractivity contribution in [2.24, 2.45) is 10.9 Å². The lowest BCUT2D eigenvalue weighted by atomic mass is 9.97. The van der Waals surface area contributed by atoms with Crippen LogP contribution in [0.25, 0.3) is 0 Å². The van der Waals surface area contributed by atoms with E-state index in [9.17, 15) is 4.79 Å². The molecule has 1 aliphatic rings. The van der Waals surface area contributed by atoms with E-state index in [0.717, 1.165) is 58.1 Å². The number of esters is 1. The molecule has 0 aromatic rings. The Balaban J connectivity index is 2.59. The van der Waals surface area contributed by atoms with Gasteiger partial charge in [-0.1, -0.05) is 13.8 Å². The summed E-state index contributed by atoms with van der Waals surface area (Å²) in [7, 11) is 0. The van der Waals surface area contributed by atoms with Crippen LogP contribution < -0.4 is 5.32 Å². The van der Waals surface area contributed by atoms with Crippen LogP contribution in [0, 0.1) is 5.92 Å². The fraction of sp³-hybridized carbons (Fsp3) is 0.889. The molecule has 0 aliphatic carbocycles. The van der Waals surface area contributed by atoms with Crippen molar-refractivity contribution in [3.63, 3.8) is 0 Å². The Morgan fingerprint density at radius 3 is 2.38 bits per heavy atom. The third kappa shape index (κ3) is 6.30. The van der Waals surface area contributed by atoms with E-state index < -0.39 is 0 Å². The second kappa shape index (κ2) is 11.3. The number of piperidine rings is 1. The van der Waals surface area contributed by atoms with Gasteiger partial charge in [-0.3, -0.25) is 14.7 Å². The van der Waals surface area contributed by atoms with Gasteiger partial charge in [-0.25, -0.2) is 0 Å². The maximum absolute atomic E-state index is 11.9. The first-order chi connectivity index (χ1) is 11.6. The summed E-state index contributed by atoms with van der Waals surface area (Å²) in [5, 5.41) is 3.39. The van der Waals surface area contributed by atoms with E-state index in [1.807, 2.05) is 6.92 Å². The Labute approximate surface area is 147 Å². The molecule has 24 heavy (non-hydrogen) atoms. The molecule has 0 aromatic heterocycles. The Morgan fingerprint density at radius 2 is 1.88 bits per heavy atom. The minimum absolute atomic E-state index is 0.0404. The lowest BCUT2D eigenvalue weighted by molar-refractivity contribution is -0.149. The van der Waals surface area contributed by atoms with E-state index in [4.69, 9.17) is 9.73 Å². The molecule has 1 N–H and O–H groups in total. The summed E-state index contributed by atoms with van der Waals surface area (Å²) in [6.07, 6.45) is 1.68. The molecule has 0 spiro atoms. The molecule has 1 aliphatic heterocycles. The van der Waals surface area contributed by atoms with Gasteiger partial charge in [-0.15, -0.1) is 0 Å². The first-order valence-corrected chi connectivity index (χ1v) is 9.51. The summed E-state index contributed by atoms with van der Waals surface area (Å²) in [6.45, 7) is 16.5. The van der Waals surface area contributed by atoms with E-state index in [0.29, 0.717) is 12.6 Å². The minimum Gasteiger partial charge on any atom is -0.466 e. The number of hydrogen-bond acceptors (Lipinski definition) is 4.